The van der Waals surface area contributed by atoms with E-state index >= 15 is 0 Å². The summed E-state index contributed by atoms with van der Waals surface area (Å²) < 4.78 is 9.76. The Morgan fingerprint density at radius 3 is 1.73 bits per heavy atom. The number of fused-ring (bicyclic) bond motifs is 2. The molecule has 9 nitrogen and oxygen atoms in total. The van der Waals surface area contributed by atoms with Crippen molar-refractivity contribution in [3.63, 3.8) is 0 Å². The number of alkyl halides is 3. The zero-order chi connectivity index (χ0) is 32.3. The number of aliphatic hydroxyl groups is 1. The van der Waals surface area contributed by atoms with Crippen molar-refractivity contribution in [2.24, 2.45) is 14.1 Å². The number of imidazole rings is 2. The fourth-order valence-corrected chi connectivity index (χ4v) is 6.16. The van der Waals surface area contributed by atoms with Crippen molar-refractivity contribution in [2.75, 3.05) is 60.2 Å². The van der Waals surface area contributed by atoms with Crippen LogP contribution in [0.3, 0.4) is 0 Å². The lowest BCUT2D eigenvalue weighted by molar-refractivity contribution is -0.143. The molecule has 0 saturated heterocycles. The maximum atomic E-state index is 12.6. The molecule has 0 radical (unpaired) electrons. The first kappa shape index (κ1) is 34.7. The van der Waals surface area contributed by atoms with Gasteiger partial charge in [-0.25, -0.2) is 9.97 Å². The summed E-state index contributed by atoms with van der Waals surface area (Å²) in [6.07, 6.45) is 3.72. The molecule has 0 bridgehead atoms. The topological polar surface area (TPSA) is 88.7 Å². The van der Waals surface area contributed by atoms with Gasteiger partial charge >= 0.3 is 5.97 Å². The van der Waals surface area contributed by atoms with Crippen LogP contribution in [-0.4, -0.2) is 80.6 Å². The maximum Gasteiger partial charge on any atom is 0.305 e. The highest BCUT2D eigenvalue weighted by Crippen LogP contribution is 2.25. The summed E-state index contributed by atoms with van der Waals surface area (Å²) >= 11 is 18.1. The van der Waals surface area contributed by atoms with E-state index in [1.54, 1.807) is 0 Å². The summed E-state index contributed by atoms with van der Waals surface area (Å²) in [5.74, 6) is 3.35. The predicted molar refractivity (Wildman–Crippen MR) is 187 cm³/mol. The van der Waals surface area contributed by atoms with Crippen LogP contribution in [-0.2, 0) is 36.5 Å². The van der Waals surface area contributed by atoms with E-state index in [1.165, 1.54) is 0 Å². The molecule has 0 aliphatic carbocycles. The zero-order valence-electron chi connectivity index (χ0n) is 26.2. The van der Waals surface area contributed by atoms with Crippen LogP contribution in [0.1, 0.15) is 37.3 Å². The highest BCUT2D eigenvalue weighted by molar-refractivity contribution is 6.18. The molecule has 0 spiro atoms. The highest BCUT2D eigenvalue weighted by atomic mass is 35.5. The number of hydrogen-bond acceptors (Lipinski definition) is 7. The van der Waals surface area contributed by atoms with Gasteiger partial charge in [-0.15, -0.1) is 34.8 Å². The van der Waals surface area contributed by atoms with Gasteiger partial charge in [-0.1, -0.05) is 6.58 Å². The summed E-state index contributed by atoms with van der Waals surface area (Å²) in [5, 5.41) is 9.39. The summed E-state index contributed by atoms with van der Waals surface area (Å²) in [5.41, 5.74) is 5.91. The molecule has 2 heterocycles. The second-order valence-corrected chi connectivity index (χ2v) is 12.2. The number of carbonyl (C=O) groups is 1. The SMILES string of the molecule is C=C(O)CCCc1nc2cc(N(CCCl)CCOC(=O)CCCc3nc4cc(N(CCCl)CCCl)ccc4n3C)ccc2n1C. The first-order valence-electron chi connectivity index (χ1n) is 15.4. The van der Waals surface area contributed by atoms with Crippen molar-refractivity contribution < 1.29 is 14.6 Å². The number of hydrogen-bond donors (Lipinski definition) is 1. The number of carbonyl (C=O) groups excluding carboxylic acids is 1. The van der Waals surface area contributed by atoms with Gasteiger partial charge in [0, 0.05) is 88.4 Å². The Kier molecular flexibility index (Phi) is 13.1. The van der Waals surface area contributed by atoms with Crippen LogP contribution < -0.4 is 9.80 Å². The summed E-state index contributed by atoms with van der Waals surface area (Å²) in [6.45, 7) is 6.41. The highest BCUT2D eigenvalue weighted by Gasteiger charge is 2.15. The third kappa shape index (κ3) is 9.21. The molecule has 12 heteroatoms. The number of esters is 1. The largest absolute Gasteiger partial charge is 0.513 e. The van der Waals surface area contributed by atoms with Crippen LogP contribution in [0.15, 0.2) is 48.7 Å². The molecule has 0 atom stereocenters. The number of nitrogens with zero attached hydrogens (tertiary/aromatic N) is 6. The van der Waals surface area contributed by atoms with E-state index in [0.717, 1.165) is 71.0 Å². The molecule has 1 N–H and O–H groups in total. The van der Waals surface area contributed by atoms with E-state index in [1.807, 2.05) is 26.2 Å². The van der Waals surface area contributed by atoms with Gasteiger partial charge in [0.15, 0.2) is 0 Å². The number of aliphatic hydroxyl groups excluding tert-OH is 1. The Morgan fingerprint density at radius 2 is 1.27 bits per heavy atom. The number of rotatable bonds is 19. The van der Waals surface area contributed by atoms with Gasteiger partial charge < -0.3 is 28.8 Å². The van der Waals surface area contributed by atoms with E-state index in [0.29, 0.717) is 56.4 Å². The van der Waals surface area contributed by atoms with Crippen molar-refractivity contribution in [3.05, 3.63) is 60.4 Å². The third-order valence-corrected chi connectivity index (χ3v) is 8.49. The normalized spacial score (nSPS) is 11.4. The molecule has 2 aromatic carbocycles. The molecule has 0 unspecified atom stereocenters. The number of halogens is 3. The Labute approximate surface area is 280 Å². The average molecular weight is 678 g/mol. The molecular weight excluding hydrogens is 635 g/mol. The zero-order valence-corrected chi connectivity index (χ0v) is 28.4. The first-order chi connectivity index (χ1) is 21.7. The fourth-order valence-electron chi connectivity index (χ4n) is 5.55. The Balaban J connectivity index is 1.29. The van der Waals surface area contributed by atoms with Crippen LogP contribution in [0.5, 0.6) is 0 Å². The standard InChI is InChI=1S/C33H43Cl3N6O3/c1-24(43)6-4-7-31-37-28-23-26(11-13-30(28)39(31)2)42(19-16-36)20-21-45-33(44)9-5-8-32-38-27-22-25(10-12-29(27)40(32)3)41(17-14-34)18-15-35/h10-13,22-23,43H,1,4-9,14-21H2,2-3H3. The molecule has 0 saturated carbocycles. The average Bonchev–Trinajstić information content (AvgIpc) is 3.50. The van der Waals surface area contributed by atoms with Crippen molar-refractivity contribution in [3.8, 4) is 0 Å². The van der Waals surface area contributed by atoms with Gasteiger partial charge in [0.25, 0.3) is 0 Å². The quantitative estimate of drug-likeness (QED) is 0.0668. The molecule has 0 amide bonds. The third-order valence-electron chi connectivity index (χ3n) is 7.98. The van der Waals surface area contributed by atoms with Crippen LogP contribution in [0.25, 0.3) is 22.1 Å². The smallest absolute Gasteiger partial charge is 0.305 e. The van der Waals surface area contributed by atoms with E-state index in [2.05, 4.69) is 49.8 Å². The predicted octanol–water partition coefficient (Wildman–Crippen LogP) is 6.75. The molecule has 2 aromatic heterocycles. The van der Waals surface area contributed by atoms with Crippen LogP contribution in [0.2, 0.25) is 0 Å². The lowest BCUT2D eigenvalue weighted by Crippen LogP contribution is -2.30. The molecule has 4 aromatic rings. The van der Waals surface area contributed by atoms with Crippen LogP contribution in [0, 0.1) is 0 Å². The second kappa shape index (κ2) is 17.0. The van der Waals surface area contributed by atoms with Crippen molar-refractivity contribution in [2.45, 2.75) is 38.5 Å². The first-order valence-corrected chi connectivity index (χ1v) is 17.0. The van der Waals surface area contributed by atoms with Gasteiger partial charge in [-0.3, -0.25) is 4.79 Å². The van der Waals surface area contributed by atoms with E-state index in [9.17, 15) is 9.90 Å². The van der Waals surface area contributed by atoms with Gasteiger partial charge in [0.05, 0.1) is 34.4 Å². The molecule has 0 aliphatic rings. The molecule has 0 fully saturated rings. The molecule has 244 valence electrons. The molecular formula is C33H43Cl3N6O3. The van der Waals surface area contributed by atoms with Gasteiger partial charge in [0.1, 0.15) is 18.3 Å². The molecule has 0 aliphatic heterocycles. The summed E-state index contributed by atoms with van der Waals surface area (Å²) in [7, 11) is 4.00. The van der Waals surface area contributed by atoms with Gasteiger partial charge in [-0.05, 0) is 49.2 Å². The van der Waals surface area contributed by atoms with E-state index < -0.39 is 0 Å². The number of aryl methyl sites for hydroxylation is 4. The summed E-state index contributed by atoms with van der Waals surface area (Å²) in [4.78, 5) is 26.5. The number of aromatic nitrogens is 4. The Morgan fingerprint density at radius 1 is 0.800 bits per heavy atom. The van der Waals surface area contributed by atoms with Crippen LogP contribution in [0.4, 0.5) is 11.4 Å². The van der Waals surface area contributed by atoms with Crippen molar-refractivity contribution in [1.29, 1.82) is 0 Å². The maximum absolute atomic E-state index is 12.6. The summed E-state index contributed by atoms with van der Waals surface area (Å²) in [6, 6.07) is 12.4. The van der Waals surface area contributed by atoms with Crippen molar-refractivity contribution >= 4 is 74.2 Å². The van der Waals surface area contributed by atoms with Crippen molar-refractivity contribution in [1.82, 2.24) is 19.1 Å². The monoisotopic (exact) mass is 676 g/mol. The number of allylic oxidation sites excluding steroid dienone is 1. The number of ether oxygens (including phenoxy) is 1. The van der Waals surface area contributed by atoms with E-state index in [-0.39, 0.29) is 18.3 Å². The minimum absolute atomic E-state index is 0.193. The Bertz CT molecular complexity index is 1580. The van der Waals surface area contributed by atoms with Crippen LogP contribution >= 0.6 is 34.8 Å². The fraction of sp³-hybridized carbons (Fsp3) is 0.485. The molecule has 4 rings (SSSR count). The minimum Gasteiger partial charge on any atom is -0.513 e. The number of benzene rings is 2. The molecule has 45 heavy (non-hydrogen) atoms. The minimum atomic E-state index is -0.227. The second-order valence-electron chi connectivity index (χ2n) is 11.1. The number of anilines is 2. The van der Waals surface area contributed by atoms with Gasteiger partial charge in [0.2, 0.25) is 0 Å². The van der Waals surface area contributed by atoms with Gasteiger partial charge in [-0.2, -0.15) is 0 Å². The Hall–Kier alpha value is -3.14. The lowest BCUT2D eigenvalue weighted by atomic mass is 10.2. The van der Waals surface area contributed by atoms with E-state index in [4.69, 9.17) is 49.5 Å². The lowest BCUT2D eigenvalue weighted by Gasteiger charge is -2.23.